The van der Waals surface area contributed by atoms with E-state index in [0.717, 1.165) is 17.8 Å². The molecule has 2 aliphatic rings. The van der Waals surface area contributed by atoms with Gasteiger partial charge >= 0.3 is 0 Å². The lowest BCUT2D eigenvalue weighted by Crippen LogP contribution is -2.02. The van der Waals surface area contributed by atoms with Gasteiger partial charge in [0.15, 0.2) is 0 Å². The van der Waals surface area contributed by atoms with E-state index in [1.807, 2.05) is 0 Å². The van der Waals surface area contributed by atoms with Crippen LogP contribution in [0.1, 0.15) is 71.1 Å². The highest BCUT2D eigenvalue weighted by Crippen LogP contribution is 2.42. The molecular weight excluding hydrogens is 168 g/mol. The minimum atomic E-state index is 1.11. The van der Waals surface area contributed by atoms with Crippen LogP contribution < -0.4 is 0 Å². The maximum absolute atomic E-state index is 2.35. The molecule has 0 aromatic rings. The Bertz CT molecular complexity index is 153. The van der Waals surface area contributed by atoms with Gasteiger partial charge in [0.05, 0.1) is 0 Å². The number of hydrogen-bond donors (Lipinski definition) is 0. The van der Waals surface area contributed by atoms with Crippen LogP contribution in [0.2, 0.25) is 0 Å². The Morgan fingerprint density at radius 3 is 2.36 bits per heavy atom. The molecule has 2 saturated carbocycles. The van der Waals surface area contributed by atoms with Gasteiger partial charge in [-0.3, -0.25) is 0 Å². The van der Waals surface area contributed by atoms with Crippen LogP contribution >= 0.6 is 0 Å². The van der Waals surface area contributed by atoms with E-state index in [4.69, 9.17) is 0 Å². The average Bonchev–Trinajstić information content (AvgIpc) is 3.03. The van der Waals surface area contributed by atoms with Crippen molar-refractivity contribution < 1.29 is 0 Å². The fourth-order valence-corrected chi connectivity index (χ4v) is 2.80. The molecule has 2 rings (SSSR count). The van der Waals surface area contributed by atoms with Crippen LogP contribution in [0.3, 0.4) is 0 Å². The molecule has 14 heavy (non-hydrogen) atoms. The van der Waals surface area contributed by atoms with Gasteiger partial charge in [0.25, 0.3) is 0 Å². The van der Waals surface area contributed by atoms with Crippen LogP contribution in [0.15, 0.2) is 0 Å². The standard InChI is InChI=1S/C14H26/c1-2-5-13(14-10-11-14)7-4-3-6-12-8-9-12/h12-14H,2-11H2,1H3. The fraction of sp³-hybridized carbons (Fsp3) is 1.00. The van der Waals surface area contributed by atoms with E-state index in [-0.39, 0.29) is 0 Å². The van der Waals surface area contributed by atoms with Crippen molar-refractivity contribution in [2.24, 2.45) is 17.8 Å². The SMILES string of the molecule is CCCC(CCCCC1CC1)C1CC1. The second kappa shape index (κ2) is 5.19. The topological polar surface area (TPSA) is 0 Å². The molecule has 2 aliphatic carbocycles. The van der Waals surface area contributed by atoms with Gasteiger partial charge in [-0.05, 0) is 30.6 Å². The van der Waals surface area contributed by atoms with Crippen LogP contribution in [0.4, 0.5) is 0 Å². The normalized spacial score (nSPS) is 23.8. The Balaban J connectivity index is 1.51. The molecule has 0 bridgehead atoms. The molecule has 1 atom stereocenters. The molecule has 0 aromatic carbocycles. The molecule has 0 N–H and O–H groups in total. The van der Waals surface area contributed by atoms with Gasteiger partial charge in [0.2, 0.25) is 0 Å². The highest BCUT2D eigenvalue weighted by molar-refractivity contribution is 4.81. The summed E-state index contributed by atoms with van der Waals surface area (Å²) < 4.78 is 0. The first-order valence-electron chi connectivity index (χ1n) is 6.90. The van der Waals surface area contributed by atoms with E-state index >= 15 is 0 Å². The monoisotopic (exact) mass is 194 g/mol. The average molecular weight is 194 g/mol. The third-order valence-electron chi connectivity index (χ3n) is 4.08. The molecule has 0 aliphatic heterocycles. The molecule has 0 heterocycles. The maximum atomic E-state index is 2.35. The summed E-state index contributed by atoms with van der Waals surface area (Å²) in [6.07, 6.45) is 15.2. The Morgan fingerprint density at radius 2 is 1.79 bits per heavy atom. The molecule has 0 amide bonds. The highest BCUT2D eigenvalue weighted by Gasteiger charge is 2.29. The van der Waals surface area contributed by atoms with Crippen LogP contribution in [-0.2, 0) is 0 Å². The van der Waals surface area contributed by atoms with Crippen molar-refractivity contribution in [2.45, 2.75) is 71.1 Å². The van der Waals surface area contributed by atoms with E-state index in [2.05, 4.69) is 6.92 Å². The van der Waals surface area contributed by atoms with E-state index in [9.17, 15) is 0 Å². The van der Waals surface area contributed by atoms with Gasteiger partial charge in [-0.25, -0.2) is 0 Å². The lowest BCUT2D eigenvalue weighted by Gasteiger charge is -2.14. The van der Waals surface area contributed by atoms with Crippen molar-refractivity contribution in [2.75, 3.05) is 0 Å². The van der Waals surface area contributed by atoms with Crippen molar-refractivity contribution >= 4 is 0 Å². The van der Waals surface area contributed by atoms with Crippen LogP contribution in [-0.4, -0.2) is 0 Å². The molecule has 0 spiro atoms. The second-order valence-electron chi connectivity index (χ2n) is 5.61. The molecule has 0 saturated heterocycles. The molecule has 0 aromatic heterocycles. The van der Waals surface area contributed by atoms with E-state index in [1.54, 1.807) is 38.5 Å². The largest absolute Gasteiger partial charge is 0.0654 e. The minimum absolute atomic E-state index is 1.11. The third-order valence-corrected chi connectivity index (χ3v) is 4.08. The molecule has 2 fully saturated rings. The van der Waals surface area contributed by atoms with Gasteiger partial charge in [-0.1, -0.05) is 58.3 Å². The molecule has 0 nitrogen and oxygen atoms in total. The Hall–Kier alpha value is 0. The smallest absolute Gasteiger partial charge is 0.0386 e. The fourth-order valence-electron chi connectivity index (χ4n) is 2.80. The number of unbranched alkanes of at least 4 members (excludes halogenated alkanes) is 1. The molecular formula is C14H26. The Kier molecular flexibility index (Phi) is 3.89. The minimum Gasteiger partial charge on any atom is -0.0654 e. The van der Waals surface area contributed by atoms with Crippen LogP contribution in [0.5, 0.6) is 0 Å². The zero-order valence-electron chi connectivity index (χ0n) is 9.80. The van der Waals surface area contributed by atoms with Crippen LogP contribution in [0, 0.1) is 17.8 Å². The zero-order chi connectivity index (χ0) is 9.80. The molecule has 0 radical (unpaired) electrons. The van der Waals surface area contributed by atoms with E-state index in [1.165, 1.54) is 25.7 Å². The Morgan fingerprint density at radius 1 is 1.00 bits per heavy atom. The second-order valence-corrected chi connectivity index (χ2v) is 5.61. The summed E-state index contributed by atoms with van der Waals surface area (Å²) in [6.45, 7) is 2.35. The summed E-state index contributed by atoms with van der Waals surface area (Å²) in [5.74, 6) is 3.41. The van der Waals surface area contributed by atoms with Crippen molar-refractivity contribution in [3.05, 3.63) is 0 Å². The zero-order valence-corrected chi connectivity index (χ0v) is 9.80. The summed E-state index contributed by atoms with van der Waals surface area (Å²) in [7, 11) is 0. The summed E-state index contributed by atoms with van der Waals surface area (Å²) >= 11 is 0. The van der Waals surface area contributed by atoms with Gasteiger partial charge in [-0.2, -0.15) is 0 Å². The quantitative estimate of drug-likeness (QED) is 0.488. The predicted octanol–water partition coefficient (Wildman–Crippen LogP) is 4.78. The van der Waals surface area contributed by atoms with Crippen LogP contribution in [0.25, 0.3) is 0 Å². The third kappa shape index (κ3) is 3.63. The number of hydrogen-bond acceptors (Lipinski definition) is 0. The summed E-state index contributed by atoms with van der Waals surface area (Å²) in [6, 6.07) is 0. The van der Waals surface area contributed by atoms with Gasteiger partial charge in [-0.15, -0.1) is 0 Å². The molecule has 1 unspecified atom stereocenters. The van der Waals surface area contributed by atoms with Gasteiger partial charge in [0, 0.05) is 0 Å². The highest BCUT2D eigenvalue weighted by atomic mass is 14.4. The van der Waals surface area contributed by atoms with E-state index < -0.39 is 0 Å². The lowest BCUT2D eigenvalue weighted by atomic mass is 9.92. The van der Waals surface area contributed by atoms with Crippen molar-refractivity contribution in [1.82, 2.24) is 0 Å². The van der Waals surface area contributed by atoms with Gasteiger partial charge < -0.3 is 0 Å². The first-order chi connectivity index (χ1) is 6.90. The maximum Gasteiger partial charge on any atom is -0.0386 e. The molecule has 0 heteroatoms. The van der Waals surface area contributed by atoms with Gasteiger partial charge in [0.1, 0.15) is 0 Å². The first-order valence-corrected chi connectivity index (χ1v) is 6.90. The predicted molar refractivity (Wildman–Crippen MR) is 62.3 cm³/mol. The lowest BCUT2D eigenvalue weighted by molar-refractivity contribution is 0.375. The molecule has 82 valence electrons. The number of rotatable bonds is 8. The Labute approximate surface area is 89.5 Å². The van der Waals surface area contributed by atoms with Crippen molar-refractivity contribution in [3.8, 4) is 0 Å². The summed E-state index contributed by atoms with van der Waals surface area (Å²) in [4.78, 5) is 0. The van der Waals surface area contributed by atoms with Crippen molar-refractivity contribution in [1.29, 1.82) is 0 Å². The summed E-state index contributed by atoms with van der Waals surface area (Å²) in [5.41, 5.74) is 0. The van der Waals surface area contributed by atoms with Crippen molar-refractivity contribution in [3.63, 3.8) is 0 Å². The van der Waals surface area contributed by atoms with E-state index in [0.29, 0.717) is 0 Å². The summed E-state index contributed by atoms with van der Waals surface area (Å²) in [5, 5.41) is 0. The first kappa shape index (κ1) is 10.5.